The summed E-state index contributed by atoms with van der Waals surface area (Å²) in [5.41, 5.74) is 2.89. The highest BCUT2D eigenvalue weighted by Crippen LogP contribution is 2.07. The average Bonchev–Trinajstić information content (AvgIpc) is 2.59. The summed E-state index contributed by atoms with van der Waals surface area (Å²) in [7, 11) is 0. The fourth-order valence-electron chi connectivity index (χ4n) is 1.62. The molecule has 1 aromatic heterocycles. The van der Waals surface area contributed by atoms with E-state index in [1.165, 1.54) is 0 Å². The van der Waals surface area contributed by atoms with Crippen LogP contribution in [0.4, 0.5) is 0 Å². The van der Waals surface area contributed by atoms with Gasteiger partial charge in [-0.15, -0.1) is 0 Å². The first-order valence-corrected chi connectivity index (χ1v) is 5.08. The van der Waals surface area contributed by atoms with Crippen molar-refractivity contribution in [3.05, 3.63) is 51.9 Å². The molecule has 1 heterocycles. The van der Waals surface area contributed by atoms with E-state index in [1.54, 1.807) is 10.9 Å². The number of aromatic amines is 1. The predicted molar refractivity (Wildman–Crippen MR) is 60.5 cm³/mol. The van der Waals surface area contributed by atoms with Crippen molar-refractivity contribution in [1.82, 2.24) is 9.78 Å². The molecule has 0 fully saturated rings. The molecule has 0 saturated heterocycles. The van der Waals surface area contributed by atoms with Gasteiger partial charge in [-0.2, -0.15) is 0 Å². The zero-order valence-corrected chi connectivity index (χ0v) is 8.95. The fraction of sp³-hybridized carbons (Fsp3) is 0.250. The Balaban J connectivity index is 2.55. The minimum atomic E-state index is 0.0445. The summed E-state index contributed by atoms with van der Waals surface area (Å²) in [4.78, 5) is 11.8. The summed E-state index contributed by atoms with van der Waals surface area (Å²) in [6.07, 6.45) is 2.53. The van der Waals surface area contributed by atoms with Crippen molar-refractivity contribution < 1.29 is 0 Å². The molecule has 0 amide bonds. The minimum absolute atomic E-state index is 0.0445. The number of aromatic nitrogens is 2. The maximum atomic E-state index is 11.8. The number of nitrogens with zero attached hydrogens (tertiary/aromatic N) is 1. The Bertz CT molecular complexity index is 522. The van der Waals surface area contributed by atoms with Gasteiger partial charge in [0.2, 0.25) is 0 Å². The quantitative estimate of drug-likeness (QED) is 0.795. The van der Waals surface area contributed by atoms with E-state index in [0.29, 0.717) is 0 Å². The molecular formula is C12H14N2O. The molecule has 78 valence electrons. The molecule has 2 aromatic rings. The monoisotopic (exact) mass is 202 g/mol. The highest BCUT2D eigenvalue weighted by Gasteiger charge is 2.05. The van der Waals surface area contributed by atoms with Gasteiger partial charge in [-0.1, -0.05) is 19.1 Å². The van der Waals surface area contributed by atoms with Crippen LogP contribution in [0, 0.1) is 6.92 Å². The molecule has 0 spiro atoms. The molecule has 15 heavy (non-hydrogen) atoms. The molecule has 0 radical (unpaired) electrons. The SMILES string of the molecule is CCc1c[nH]n(-c2cccc(C)c2)c1=O. The molecule has 1 N–H and O–H groups in total. The van der Waals surface area contributed by atoms with E-state index >= 15 is 0 Å². The van der Waals surface area contributed by atoms with Crippen molar-refractivity contribution in [3.8, 4) is 5.69 Å². The molecule has 0 saturated carbocycles. The molecule has 2 rings (SSSR count). The molecule has 0 bridgehead atoms. The second-order valence-electron chi connectivity index (χ2n) is 3.63. The van der Waals surface area contributed by atoms with E-state index in [9.17, 15) is 4.79 Å². The molecule has 0 aliphatic carbocycles. The van der Waals surface area contributed by atoms with Crippen LogP contribution in [0.25, 0.3) is 5.69 Å². The Labute approximate surface area is 88.4 Å². The lowest BCUT2D eigenvalue weighted by molar-refractivity contribution is 0.845. The van der Waals surface area contributed by atoms with Gasteiger partial charge in [-0.3, -0.25) is 9.89 Å². The highest BCUT2D eigenvalue weighted by atomic mass is 16.1. The topological polar surface area (TPSA) is 37.8 Å². The summed E-state index contributed by atoms with van der Waals surface area (Å²) in [6.45, 7) is 3.99. The van der Waals surface area contributed by atoms with Gasteiger partial charge in [0.1, 0.15) is 0 Å². The van der Waals surface area contributed by atoms with E-state index in [-0.39, 0.29) is 5.56 Å². The van der Waals surface area contributed by atoms with Crippen molar-refractivity contribution >= 4 is 0 Å². The van der Waals surface area contributed by atoms with Gasteiger partial charge in [0.05, 0.1) is 5.69 Å². The van der Waals surface area contributed by atoms with Gasteiger partial charge in [0, 0.05) is 11.8 Å². The molecule has 0 atom stereocenters. The molecule has 1 aromatic carbocycles. The van der Waals surface area contributed by atoms with E-state index < -0.39 is 0 Å². The summed E-state index contributed by atoms with van der Waals surface area (Å²) in [5, 5.41) is 2.97. The number of aryl methyl sites for hydroxylation is 2. The molecule has 0 aliphatic rings. The van der Waals surface area contributed by atoms with Crippen LogP contribution in [-0.4, -0.2) is 9.78 Å². The van der Waals surface area contributed by atoms with Crippen molar-refractivity contribution in [2.45, 2.75) is 20.3 Å². The Hall–Kier alpha value is -1.77. The maximum Gasteiger partial charge on any atom is 0.274 e. The van der Waals surface area contributed by atoms with Crippen LogP contribution in [0.2, 0.25) is 0 Å². The van der Waals surface area contributed by atoms with Gasteiger partial charge in [-0.25, -0.2) is 4.68 Å². The lowest BCUT2D eigenvalue weighted by Gasteiger charge is -2.01. The van der Waals surface area contributed by atoms with Gasteiger partial charge >= 0.3 is 0 Å². The van der Waals surface area contributed by atoms with Gasteiger partial charge < -0.3 is 0 Å². The summed E-state index contributed by atoms with van der Waals surface area (Å²) in [6, 6.07) is 7.86. The van der Waals surface area contributed by atoms with Crippen LogP contribution in [0.15, 0.2) is 35.3 Å². The van der Waals surface area contributed by atoms with Gasteiger partial charge in [0.15, 0.2) is 0 Å². The third-order valence-corrected chi connectivity index (χ3v) is 2.49. The lowest BCUT2D eigenvalue weighted by atomic mass is 10.2. The molecule has 3 nitrogen and oxygen atoms in total. The van der Waals surface area contributed by atoms with Gasteiger partial charge in [-0.05, 0) is 31.0 Å². The normalized spacial score (nSPS) is 10.5. The third-order valence-electron chi connectivity index (χ3n) is 2.49. The first kappa shape index (κ1) is 9.77. The van der Waals surface area contributed by atoms with Crippen LogP contribution >= 0.6 is 0 Å². The number of hydrogen-bond donors (Lipinski definition) is 1. The Kier molecular flexibility index (Phi) is 2.46. The number of nitrogens with one attached hydrogen (secondary N) is 1. The largest absolute Gasteiger partial charge is 0.298 e. The van der Waals surface area contributed by atoms with Crippen LogP contribution in [0.1, 0.15) is 18.1 Å². The number of H-pyrrole nitrogens is 1. The van der Waals surface area contributed by atoms with Crippen molar-refractivity contribution in [2.75, 3.05) is 0 Å². The van der Waals surface area contributed by atoms with E-state index in [0.717, 1.165) is 23.2 Å². The van der Waals surface area contributed by atoms with Gasteiger partial charge in [0.25, 0.3) is 5.56 Å². The van der Waals surface area contributed by atoms with Crippen LogP contribution in [0.5, 0.6) is 0 Å². The fourth-order valence-corrected chi connectivity index (χ4v) is 1.62. The van der Waals surface area contributed by atoms with E-state index in [4.69, 9.17) is 0 Å². The Morgan fingerprint density at radius 2 is 2.20 bits per heavy atom. The Morgan fingerprint density at radius 1 is 1.40 bits per heavy atom. The van der Waals surface area contributed by atoms with Crippen molar-refractivity contribution in [2.24, 2.45) is 0 Å². The Morgan fingerprint density at radius 3 is 2.80 bits per heavy atom. The van der Waals surface area contributed by atoms with E-state index in [1.807, 2.05) is 38.1 Å². The smallest absolute Gasteiger partial charge is 0.274 e. The maximum absolute atomic E-state index is 11.8. The highest BCUT2D eigenvalue weighted by molar-refractivity contribution is 5.35. The molecule has 0 unspecified atom stereocenters. The van der Waals surface area contributed by atoms with Crippen LogP contribution in [-0.2, 0) is 6.42 Å². The third kappa shape index (κ3) is 1.73. The zero-order chi connectivity index (χ0) is 10.8. The summed E-state index contributed by atoms with van der Waals surface area (Å²) in [5.74, 6) is 0. The zero-order valence-electron chi connectivity index (χ0n) is 8.95. The molecule has 3 heteroatoms. The average molecular weight is 202 g/mol. The second kappa shape index (κ2) is 3.77. The number of rotatable bonds is 2. The summed E-state index contributed by atoms with van der Waals surface area (Å²) >= 11 is 0. The minimum Gasteiger partial charge on any atom is -0.298 e. The van der Waals surface area contributed by atoms with Crippen molar-refractivity contribution in [3.63, 3.8) is 0 Å². The standard InChI is InChI=1S/C12H14N2O/c1-3-10-8-13-14(12(10)15)11-6-4-5-9(2)7-11/h4-8,13H,3H2,1-2H3. The van der Waals surface area contributed by atoms with Crippen molar-refractivity contribution in [1.29, 1.82) is 0 Å². The van der Waals surface area contributed by atoms with E-state index in [2.05, 4.69) is 5.10 Å². The lowest BCUT2D eigenvalue weighted by Crippen LogP contribution is -2.16. The number of benzene rings is 1. The molecule has 0 aliphatic heterocycles. The first-order chi connectivity index (χ1) is 7.22. The first-order valence-electron chi connectivity index (χ1n) is 5.08. The predicted octanol–water partition coefficient (Wildman–Crippen LogP) is 2.04. The number of hydrogen-bond acceptors (Lipinski definition) is 1. The van der Waals surface area contributed by atoms with Crippen LogP contribution < -0.4 is 5.56 Å². The second-order valence-corrected chi connectivity index (χ2v) is 3.63. The molecular weight excluding hydrogens is 188 g/mol. The summed E-state index contributed by atoms with van der Waals surface area (Å²) < 4.78 is 1.58. The van der Waals surface area contributed by atoms with Crippen LogP contribution in [0.3, 0.4) is 0 Å².